The number of alkyl halides is 5. The number of carbonyl (C=O) groups excluding carboxylic acids is 1. The lowest BCUT2D eigenvalue weighted by Gasteiger charge is -2.20. The second-order valence-corrected chi connectivity index (χ2v) is 7.53. The molecule has 1 unspecified atom stereocenters. The average Bonchev–Trinajstić information content (AvgIpc) is 3.42. The fraction of sp³-hybridized carbons (Fsp3) is 0.227. The van der Waals surface area contributed by atoms with Crippen LogP contribution in [0.15, 0.2) is 60.9 Å². The van der Waals surface area contributed by atoms with Crippen LogP contribution in [0.5, 0.6) is 0 Å². The van der Waals surface area contributed by atoms with Gasteiger partial charge >= 0.3 is 12.1 Å². The number of hydrogen-bond acceptors (Lipinski definition) is 3. The molecule has 0 saturated carbocycles. The summed E-state index contributed by atoms with van der Waals surface area (Å²) in [6.07, 6.45) is -2.11. The largest absolute Gasteiger partial charge is 0.459 e. The smallest absolute Gasteiger partial charge is 0.344 e. The lowest BCUT2D eigenvalue weighted by molar-refractivity contribution is -0.291. The SMILES string of the molecule is Cc1cc(C(F)(F)C(F)(F)F)n2nc(C(=O)NC(C)c3cccc(-n4cccc4)c3)cc2n1. The van der Waals surface area contributed by atoms with E-state index in [1.54, 1.807) is 13.0 Å². The van der Waals surface area contributed by atoms with E-state index >= 15 is 0 Å². The molecule has 0 bridgehead atoms. The first kappa shape index (κ1) is 22.4. The van der Waals surface area contributed by atoms with Crippen molar-refractivity contribution in [1.29, 1.82) is 0 Å². The highest BCUT2D eigenvalue weighted by Crippen LogP contribution is 2.43. The summed E-state index contributed by atoms with van der Waals surface area (Å²) in [4.78, 5) is 16.7. The summed E-state index contributed by atoms with van der Waals surface area (Å²) in [5, 5.41) is 6.38. The third kappa shape index (κ3) is 4.18. The highest BCUT2D eigenvalue weighted by molar-refractivity contribution is 5.93. The zero-order valence-corrected chi connectivity index (χ0v) is 17.4. The van der Waals surface area contributed by atoms with Gasteiger partial charge < -0.3 is 9.88 Å². The van der Waals surface area contributed by atoms with Gasteiger partial charge in [0.2, 0.25) is 0 Å². The van der Waals surface area contributed by atoms with Crippen LogP contribution in [0.25, 0.3) is 11.3 Å². The minimum atomic E-state index is -5.83. The third-order valence-corrected chi connectivity index (χ3v) is 5.09. The van der Waals surface area contributed by atoms with E-state index in [1.807, 2.05) is 47.3 Å². The summed E-state index contributed by atoms with van der Waals surface area (Å²) in [6, 6.07) is 12.3. The number of amides is 1. The zero-order valence-electron chi connectivity index (χ0n) is 17.4. The molecule has 0 saturated heterocycles. The van der Waals surface area contributed by atoms with Crippen LogP contribution in [-0.4, -0.2) is 31.2 Å². The topological polar surface area (TPSA) is 64.2 Å². The van der Waals surface area contributed by atoms with E-state index in [1.165, 1.54) is 6.92 Å². The van der Waals surface area contributed by atoms with Crippen LogP contribution in [0.3, 0.4) is 0 Å². The number of aryl methyl sites for hydroxylation is 1. The van der Waals surface area contributed by atoms with Crippen molar-refractivity contribution in [2.45, 2.75) is 32.0 Å². The van der Waals surface area contributed by atoms with Gasteiger partial charge in [0.1, 0.15) is 5.69 Å². The van der Waals surface area contributed by atoms with Crippen LogP contribution in [-0.2, 0) is 5.92 Å². The van der Waals surface area contributed by atoms with Crippen molar-refractivity contribution in [3.8, 4) is 5.69 Å². The van der Waals surface area contributed by atoms with E-state index < -0.39 is 29.7 Å². The molecule has 0 radical (unpaired) electrons. The fourth-order valence-electron chi connectivity index (χ4n) is 3.40. The number of nitrogens with zero attached hydrogens (tertiary/aromatic N) is 4. The van der Waals surface area contributed by atoms with Gasteiger partial charge in [-0.25, -0.2) is 9.50 Å². The van der Waals surface area contributed by atoms with E-state index in [0.717, 1.165) is 17.3 Å². The Morgan fingerprint density at radius 2 is 1.73 bits per heavy atom. The van der Waals surface area contributed by atoms with E-state index in [4.69, 9.17) is 0 Å². The number of benzene rings is 1. The summed E-state index contributed by atoms with van der Waals surface area (Å²) >= 11 is 0. The molecule has 0 aliphatic heterocycles. The van der Waals surface area contributed by atoms with Gasteiger partial charge in [-0.2, -0.15) is 27.1 Å². The first-order chi connectivity index (χ1) is 15.5. The Kier molecular flexibility index (Phi) is 5.43. The predicted molar refractivity (Wildman–Crippen MR) is 109 cm³/mol. The first-order valence-corrected chi connectivity index (χ1v) is 9.84. The van der Waals surface area contributed by atoms with Crippen molar-refractivity contribution in [1.82, 2.24) is 24.5 Å². The van der Waals surface area contributed by atoms with Crippen molar-refractivity contribution < 1.29 is 26.7 Å². The Bertz CT molecular complexity index is 1310. The first-order valence-electron chi connectivity index (χ1n) is 9.84. The third-order valence-electron chi connectivity index (χ3n) is 5.09. The Balaban J connectivity index is 1.63. The highest BCUT2D eigenvalue weighted by Gasteiger charge is 2.60. The number of carbonyl (C=O) groups is 1. The van der Waals surface area contributed by atoms with Gasteiger partial charge in [-0.3, -0.25) is 4.79 Å². The van der Waals surface area contributed by atoms with Gasteiger partial charge in [0.15, 0.2) is 11.3 Å². The van der Waals surface area contributed by atoms with Crippen LogP contribution in [0, 0.1) is 6.92 Å². The van der Waals surface area contributed by atoms with Gasteiger partial charge in [-0.15, -0.1) is 0 Å². The number of nitrogens with one attached hydrogen (secondary N) is 1. The molecule has 0 aliphatic rings. The number of halogens is 5. The lowest BCUT2D eigenvalue weighted by Crippen LogP contribution is -2.36. The van der Waals surface area contributed by atoms with Crippen LogP contribution >= 0.6 is 0 Å². The second-order valence-electron chi connectivity index (χ2n) is 7.53. The number of fused-ring (bicyclic) bond motifs is 1. The van der Waals surface area contributed by atoms with Crippen molar-refractivity contribution in [3.05, 3.63) is 83.6 Å². The zero-order chi connectivity index (χ0) is 24.0. The molecule has 3 aromatic heterocycles. The monoisotopic (exact) mass is 463 g/mol. The van der Waals surface area contributed by atoms with E-state index in [-0.39, 0.29) is 17.0 Å². The van der Waals surface area contributed by atoms with Gasteiger partial charge in [0.25, 0.3) is 5.91 Å². The highest BCUT2D eigenvalue weighted by atomic mass is 19.4. The van der Waals surface area contributed by atoms with Crippen molar-refractivity contribution >= 4 is 11.6 Å². The number of rotatable bonds is 5. The maximum Gasteiger partial charge on any atom is 0.459 e. The molecule has 4 rings (SSSR count). The Morgan fingerprint density at radius 1 is 1.03 bits per heavy atom. The van der Waals surface area contributed by atoms with Crippen molar-refractivity contribution in [2.75, 3.05) is 0 Å². The van der Waals surface area contributed by atoms with Crippen LogP contribution in [0.1, 0.15) is 40.4 Å². The minimum absolute atomic E-state index is 0.0662. The van der Waals surface area contributed by atoms with E-state index in [9.17, 15) is 26.7 Å². The molecule has 1 atom stereocenters. The summed E-state index contributed by atoms with van der Waals surface area (Å²) < 4.78 is 69.2. The Hall–Kier alpha value is -3.76. The van der Waals surface area contributed by atoms with Crippen LogP contribution < -0.4 is 5.32 Å². The predicted octanol–water partition coefficient (Wildman–Crippen LogP) is 4.97. The molecule has 3 heterocycles. The molecule has 1 amide bonds. The molecular formula is C22H18F5N5O. The summed E-state index contributed by atoms with van der Waals surface area (Å²) in [5.41, 5.74) is -0.476. The maximum absolute atomic E-state index is 14.1. The van der Waals surface area contributed by atoms with Crippen LogP contribution in [0.2, 0.25) is 0 Å². The molecule has 33 heavy (non-hydrogen) atoms. The summed E-state index contributed by atoms with van der Waals surface area (Å²) in [5.74, 6) is -5.91. The van der Waals surface area contributed by atoms with E-state index in [0.29, 0.717) is 10.6 Å². The van der Waals surface area contributed by atoms with Gasteiger partial charge in [0, 0.05) is 29.8 Å². The number of hydrogen-bond donors (Lipinski definition) is 1. The Labute approximate surface area is 184 Å². The molecule has 1 N–H and O–H groups in total. The molecule has 0 spiro atoms. The molecule has 172 valence electrons. The lowest BCUT2D eigenvalue weighted by atomic mass is 10.1. The number of aromatic nitrogens is 4. The molecular weight excluding hydrogens is 445 g/mol. The van der Waals surface area contributed by atoms with Gasteiger partial charge in [-0.1, -0.05) is 12.1 Å². The standard InChI is InChI=1S/C22H18F5N5O/c1-13-10-18(21(23,24)22(25,26)27)32-19(28-13)12-17(30-32)20(33)29-14(2)15-6-5-7-16(11-15)31-8-3-4-9-31/h3-12,14H,1-2H3,(H,29,33). The molecule has 11 heteroatoms. The molecule has 6 nitrogen and oxygen atoms in total. The molecule has 0 fully saturated rings. The quantitative estimate of drug-likeness (QED) is 0.425. The average molecular weight is 463 g/mol. The summed E-state index contributed by atoms with van der Waals surface area (Å²) in [7, 11) is 0. The second kappa shape index (κ2) is 7.98. The fourth-order valence-corrected chi connectivity index (χ4v) is 3.40. The Morgan fingerprint density at radius 3 is 2.39 bits per heavy atom. The molecule has 4 aromatic rings. The molecule has 0 aliphatic carbocycles. The van der Waals surface area contributed by atoms with Crippen molar-refractivity contribution in [2.24, 2.45) is 0 Å². The van der Waals surface area contributed by atoms with Gasteiger partial charge in [-0.05, 0) is 49.7 Å². The minimum Gasteiger partial charge on any atom is -0.344 e. The van der Waals surface area contributed by atoms with Crippen molar-refractivity contribution in [3.63, 3.8) is 0 Å². The van der Waals surface area contributed by atoms with Gasteiger partial charge in [0.05, 0.1) is 6.04 Å². The van der Waals surface area contributed by atoms with E-state index in [2.05, 4.69) is 15.4 Å². The van der Waals surface area contributed by atoms with Crippen LogP contribution in [0.4, 0.5) is 22.0 Å². The summed E-state index contributed by atoms with van der Waals surface area (Å²) in [6.45, 7) is 3.00. The molecule has 1 aromatic carbocycles. The maximum atomic E-state index is 14.1. The normalized spacial score (nSPS) is 13.3.